The van der Waals surface area contributed by atoms with Gasteiger partial charge in [-0.1, -0.05) is 40.9 Å². The molecule has 0 saturated heterocycles. The fourth-order valence-corrected chi connectivity index (χ4v) is 3.73. The second kappa shape index (κ2) is 9.60. The zero-order valence-electron chi connectivity index (χ0n) is 12.1. The van der Waals surface area contributed by atoms with Gasteiger partial charge in [0.05, 0.1) is 0 Å². The van der Waals surface area contributed by atoms with E-state index >= 15 is 0 Å². The van der Waals surface area contributed by atoms with Crippen molar-refractivity contribution in [2.45, 2.75) is 5.75 Å². The highest BCUT2D eigenvalue weighted by Gasteiger charge is 2.05. The summed E-state index contributed by atoms with van der Waals surface area (Å²) in [5, 5.41) is 8.97. The topological polar surface area (TPSA) is 24.1 Å². The molecule has 7 heteroatoms. The second-order valence-corrected chi connectivity index (χ2v) is 7.40. The lowest BCUT2D eigenvalue weighted by Crippen LogP contribution is -2.30. The summed E-state index contributed by atoms with van der Waals surface area (Å²) in [7, 11) is 0. The fraction of sp³-hybridized carbons (Fsp3) is 0.188. The Balaban J connectivity index is 1.67. The van der Waals surface area contributed by atoms with Crippen molar-refractivity contribution in [3.8, 4) is 0 Å². The molecule has 0 atom stereocenters. The van der Waals surface area contributed by atoms with Gasteiger partial charge in [-0.05, 0) is 54.2 Å². The number of rotatable bonds is 6. The predicted molar refractivity (Wildman–Crippen MR) is 108 cm³/mol. The van der Waals surface area contributed by atoms with Crippen LogP contribution < -0.4 is 10.6 Å². The van der Waals surface area contributed by atoms with Crippen molar-refractivity contribution < 1.29 is 0 Å². The molecule has 0 aromatic heterocycles. The van der Waals surface area contributed by atoms with Gasteiger partial charge in [-0.3, -0.25) is 0 Å². The van der Waals surface area contributed by atoms with E-state index in [0.717, 1.165) is 29.3 Å². The maximum absolute atomic E-state index is 6.14. The molecule has 0 heterocycles. The van der Waals surface area contributed by atoms with E-state index in [-0.39, 0.29) is 0 Å². The molecule has 0 aliphatic rings. The number of anilines is 1. The Morgan fingerprint density at radius 1 is 1.00 bits per heavy atom. The number of thiocarbonyl (C=S) groups is 1. The molecule has 0 unspecified atom stereocenters. The van der Waals surface area contributed by atoms with Gasteiger partial charge in [0.25, 0.3) is 0 Å². The Kier molecular flexibility index (Phi) is 7.80. The molecule has 122 valence electrons. The Morgan fingerprint density at radius 2 is 1.65 bits per heavy atom. The van der Waals surface area contributed by atoms with Gasteiger partial charge in [0.1, 0.15) is 0 Å². The minimum absolute atomic E-state index is 0.587. The van der Waals surface area contributed by atoms with Crippen LogP contribution in [0.1, 0.15) is 5.56 Å². The highest BCUT2D eigenvalue weighted by Crippen LogP contribution is 2.27. The van der Waals surface area contributed by atoms with Crippen LogP contribution in [-0.4, -0.2) is 17.4 Å². The Morgan fingerprint density at radius 3 is 2.30 bits per heavy atom. The van der Waals surface area contributed by atoms with Gasteiger partial charge < -0.3 is 10.6 Å². The normalized spacial score (nSPS) is 10.4. The molecule has 0 aliphatic heterocycles. The van der Waals surface area contributed by atoms with Crippen LogP contribution in [0.4, 0.5) is 5.69 Å². The van der Waals surface area contributed by atoms with E-state index in [9.17, 15) is 0 Å². The van der Waals surface area contributed by atoms with Crippen molar-refractivity contribution >= 4 is 69.6 Å². The van der Waals surface area contributed by atoms with Gasteiger partial charge in [-0.15, -0.1) is 0 Å². The van der Waals surface area contributed by atoms with E-state index in [1.54, 1.807) is 11.8 Å². The maximum atomic E-state index is 6.14. The molecular formula is C16H15Cl3N2S2. The molecule has 2 rings (SSSR count). The third kappa shape index (κ3) is 6.40. The lowest BCUT2D eigenvalue weighted by atomic mass is 10.2. The summed E-state index contributed by atoms with van der Waals surface area (Å²) in [6, 6.07) is 12.9. The van der Waals surface area contributed by atoms with Crippen LogP contribution in [0, 0.1) is 0 Å². The van der Waals surface area contributed by atoms with Crippen molar-refractivity contribution in [3.05, 3.63) is 63.1 Å². The zero-order valence-corrected chi connectivity index (χ0v) is 16.0. The molecule has 23 heavy (non-hydrogen) atoms. The fourth-order valence-electron chi connectivity index (χ4n) is 1.79. The first-order chi connectivity index (χ1) is 11.1. The van der Waals surface area contributed by atoms with Gasteiger partial charge in [-0.2, -0.15) is 11.8 Å². The molecule has 0 spiro atoms. The molecule has 0 radical (unpaired) electrons. The van der Waals surface area contributed by atoms with Crippen LogP contribution >= 0.6 is 58.8 Å². The third-order valence-electron chi connectivity index (χ3n) is 2.94. The second-order valence-electron chi connectivity index (χ2n) is 4.64. The maximum Gasteiger partial charge on any atom is 0.170 e. The van der Waals surface area contributed by atoms with Gasteiger partial charge in [0, 0.05) is 38.8 Å². The lowest BCUT2D eigenvalue weighted by Gasteiger charge is -2.11. The number of hydrogen-bond donors (Lipinski definition) is 2. The van der Waals surface area contributed by atoms with E-state index < -0.39 is 0 Å². The monoisotopic (exact) mass is 404 g/mol. The molecule has 2 nitrogen and oxygen atoms in total. The average molecular weight is 406 g/mol. The molecule has 0 amide bonds. The first-order valence-electron chi connectivity index (χ1n) is 6.87. The van der Waals surface area contributed by atoms with Gasteiger partial charge in [0.15, 0.2) is 5.11 Å². The van der Waals surface area contributed by atoms with E-state index in [1.165, 1.54) is 0 Å². The van der Waals surface area contributed by atoms with Crippen LogP contribution in [0.25, 0.3) is 0 Å². The zero-order chi connectivity index (χ0) is 16.7. The van der Waals surface area contributed by atoms with Gasteiger partial charge in [-0.25, -0.2) is 0 Å². The number of thioether (sulfide) groups is 1. The molecule has 2 N–H and O–H groups in total. The van der Waals surface area contributed by atoms with Crippen molar-refractivity contribution in [1.29, 1.82) is 0 Å². The molecule has 2 aromatic carbocycles. The summed E-state index contributed by atoms with van der Waals surface area (Å²) in [6.07, 6.45) is 0. The molecule has 0 bridgehead atoms. The van der Waals surface area contributed by atoms with E-state index in [2.05, 4.69) is 10.6 Å². The van der Waals surface area contributed by atoms with Crippen molar-refractivity contribution in [3.63, 3.8) is 0 Å². The van der Waals surface area contributed by atoms with Crippen molar-refractivity contribution in [2.24, 2.45) is 0 Å². The molecule has 0 aliphatic carbocycles. The minimum atomic E-state index is 0.587. The summed E-state index contributed by atoms with van der Waals surface area (Å²) in [5.41, 5.74) is 1.88. The van der Waals surface area contributed by atoms with E-state index in [1.807, 2.05) is 42.5 Å². The Hall–Kier alpha value is -0.650. The van der Waals surface area contributed by atoms with Gasteiger partial charge in [0.2, 0.25) is 0 Å². The molecule has 0 saturated carbocycles. The van der Waals surface area contributed by atoms with Gasteiger partial charge >= 0.3 is 0 Å². The van der Waals surface area contributed by atoms with Crippen LogP contribution in [0.15, 0.2) is 42.5 Å². The summed E-state index contributed by atoms with van der Waals surface area (Å²) in [4.78, 5) is 0. The summed E-state index contributed by atoms with van der Waals surface area (Å²) < 4.78 is 0. The van der Waals surface area contributed by atoms with Crippen LogP contribution in [0.5, 0.6) is 0 Å². The predicted octanol–water partition coefficient (Wildman–Crippen LogP) is 5.87. The molecule has 2 aromatic rings. The minimum Gasteiger partial charge on any atom is -0.362 e. The third-order valence-corrected chi connectivity index (χ3v) is 5.13. The Labute approximate surface area is 160 Å². The highest BCUT2D eigenvalue weighted by molar-refractivity contribution is 7.98. The van der Waals surface area contributed by atoms with Crippen molar-refractivity contribution in [2.75, 3.05) is 17.6 Å². The quantitative estimate of drug-likeness (QED) is 0.464. The summed E-state index contributed by atoms with van der Waals surface area (Å²) in [6.45, 7) is 0.756. The van der Waals surface area contributed by atoms with Crippen LogP contribution in [-0.2, 0) is 5.75 Å². The largest absolute Gasteiger partial charge is 0.362 e. The number of benzene rings is 2. The first kappa shape index (κ1) is 18.7. The van der Waals surface area contributed by atoms with Crippen LogP contribution in [0.2, 0.25) is 15.1 Å². The average Bonchev–Trinajstić information content (AvgIpc) is 2.52. The number of hydrogen-bond acceptors (Lipinski definition) is 2. The lowest BCUT2D eigenvalue weighted by molar-refractivity contribution is 0.990. The number of nitrogens with one attached hydrogen (secondary N) is 2. The first-order valence-corrected chi connectivity index (χ1v) is 9.57. The standard InChI is InChI=1S/C16H15Cl3N2S2/c17-11-4-6-12(7-5-11)21-16(22)20-8-9-23-10-13-14(18)2-1-3-15(13)19/h1-7H,8-10H2,(H2,20,21,22). The smallest absolute Gasteiger partial charge is 0.170 e. The number of halogens is 3. The summed E-state index contributed by atoms with van der Waals surface area (Å²) in [5.74, 6) is 1.67. The summed E-state index contributed by atoms with van der Waals surface area (Å²) >= 11 is 25.1. The van der Waals surface area contributed by atoms with Crippen LogP contribution in [0.3, 0.4) is 0 Å². The van der Waals surface area contributed by atoms with Crippen molar-refractivity contribution in [1.82, 2.24) is 5.32 Å². The Bertz CT molecular complexity index is 643. The van der Waals surface area contributed by atoms with E-state index in [4.69, 9.17) is 47.0 Å². The van der Waals surface area contributed by atoms with E-state index in [0.29, 0.717) is 20.2 Å². The highest BCUT2D eigenvalue weighted by atomic mass is 35.5. The molecular weight excluding hydrogens is 391 g/mol. The SMILES string of the molecule is S=C(NCCSCc1c(Cl)cccc1Cl)Nc1ccc(Cl)cc1. The molecule has 0 fully saturated rings.